The quantitative estimate of drug-likeness (QED) is 0.599. The third kappa shape index (κ3) is 1.38. The molecule has 1 aliphatic rings. The van der Waals surface area contributed by atoms with Gasteiger partial charge in [0.25, 0.3) is 0 Å². The van der Waals surface area contributed by atoms with E-state index in [2.05, 4.69) is 15.3 Å². The smallest absolute Gasteiger partial charge is 0.0489 e. The van der Waals surface area contributed by atoms with Gasteiger partial charge in [0.05, 0.1) is 0 Å². The van der Waals surface area contributed by atoms with E-state index in [1.54, 1.807) is 12.4 Å². The van der Waals surface area contributed by atoms with Gasteiger partial charge in [0, 0.05) is 47.3 Å². The molecule has 0 radical (unpaired) electrons. The van der Waals surface area contributed by atoms with Crippen molar-refractivity contribution in [3.05, 3.63) is 48.0 Å². The number of nitrogens with zero attached hydrogens (tertiary/aromatic N) is 2. The van der Waals surface area contributed by atoms with Gasteiger partial charge in [0.1, 0.15) is 0 Å². The van der Waals surface area contributed by atoms with Gasteiger partial charge >= 0.3 is 0 Å². The SMILES string of the molecule is C1=Cc2cnccc2Nc2ccncc21. The average Bonchev–Trinajstić information content (AvgIpc) is 2.48. The second-order valence-corrected chi connectivity index (χ2v) is 3.38. The molecule has 0 bridgehead atoms. The molecule has 0 fully saturated rings. The van der Waals surface area contributed by atoms with E-state index in [1.807, 2.05) is 36.7 Å². The minimum atomic E-state index is 1.08. The van der Waals surface area contributed by atoms with E-state index in [0.29, 0.717) is 0 Å². The highest BCUT2D eigenvalue weighted by molar-refractivity contribution is 5.86. The van der Waals surface area contributed by atoms with Crippen LogP contribution in [0.1, 0.15) is 11.1 Å². The lowest BCUT2D eigenvalue weighted by atomic mass is 10.2. The fourth-order valence-corrected chi connectivity index (χ4v) is 1.63. The van der Waals surface area contributed by atoms with Crippen molar-refractivity contribution in [2.45, 2.75) is 0 Å². The molecule has 1 N–H and O–H groups in total. The van der Waals surface area contributed by atoms with Gasteiger partial charge in [-0.2, -0.15) is 0 Å². The van der Waals surface area contributed by atoms with Crippen LogP contribution in [0.3, 0.4) is 0 Å². The predicted octanol–water partition coefficient (Wildman–Crippen LogP) is 2.70. The normalized spacial score (nSPS) is 12.3. The maximum Gasteiger partial charge on any atom is 0.0489 e. The molecule has 0 spiro atoms. The first kappa shape index (κ1) is 8.17. The standard InChI is InChI=1S/C12H9N3/c1-2-10-8-14-6-4-12(10)15-11-3-5-13-7-9(1)11/h1-8,15H. The Bertz CT molecular complexity index is 484. The Balaban J connectivity index is 2.19. The van der Waals surface area contributed by atoms with Crippen molar-refractivity contribution in [1.82, 2.24) is 9.97 Å². The molecule has 2 aromatic rings. The van der Waals surface area contributed by atoms with Crippen LogP contribution in [-0.2, 0) is 0 Å². The van der Waals surface area contributed by atoms with Crippen LogP contribution < -0.4 is 5.32 Å². The molecule has 0 saturated heterocycles. The molecule has 72 valence electrons. The molecular formula is C12H9N3. The van der Waals surface area contributed by atoms with Gasteiger partial charge in [0.2, 0.25) is 0 Å². The zero-order chi connectivity index (χ0) is 10.1. The first-order chi connectivity index (χ1) is 7.43. The lowest BCUT2D eigenvalue weighted by Gasteiger charge is -2.07. The average molecular weight is 195 g/mol. The molecule has 0 unspecified atom stereocenters. The molecule has 3 nitrogen and oxygen atoms in total. The fraction of sp³-hybridized carbons (Fsp3) is 0. The number of nitrogens with one attached hydrogen (secondary N) is 1. The largest absolute Gasteiger partial charge is 0.354 e. The maximum atomic E-state index is 4.10. The van der Waals surface area contributed by atoms with E-state index in [9.17, 15) is 0 Å². The number of aromatic nitrogens is 2. The molecular weight excluding hydrogens is 186 g/mol. The van der Waals surface area contributed by atoms with Crippen molar-refractivity contribution in [1.29, 1.82) is 0 Å². The molecule has 0 aliphatic carbocycles. The summed E-state index contributed by atoms with van der Waals surface area (Å²) in [6, 6.07) is 3.93. The summed E-state index contributed by atoms with van der Waals surface area (Å²) in [7, 11) is 0. The number of hydrogen-bond donors (Lipinski definition) is 1. The molecule has 1 aliphatic heterocycles. The number of hydrogen-bond acceptors (Lipinski definition) is 3. The van der Waals surface area contributed by atoms with Crippen LogP contribution in [0.4, 0.5) is 11.4 Å². The minimum Gasteiger partial charge on any atom is -0.354 e. The van der Waals surface area contributed by atoms with Gasteiger partial charge in [-0.3, -0.25) is 9.97 Å². The van der Waals surface area contributed by atoms with Crippen LogP contribution in [0.5, 0.6) is 0 Å². The van der Waals surface area contributed by atoms with E-state index in [4.69, 9.17) is 0 Å². The third-order valence-corrected chi connectivity index (χ3v) is 2.42. The van der Waals surface area contributed by atoms with Gasteiger partial charge < -0.3 is 5.32 Å². The van der Waals surface area contributed by atoms with Crippen molar-refractivity contribution in [3.8, 4) is 0 Å². The number of fused-ring (bicyclic) bond motifs is 2. The molecule has 0 amide bonds. The second-order valence-electron chi connectivity index (χ2n) is 3.38. The van der Waals surface area contributed by atoms with Gasteiger partial charge in [-0.15, -0.1) is 0 Å². The molecule has 3 rings (SSSR count). The topological polar surface area (TPSA) is 37.8 Å². The van der Waals surface area contributed by atoms with Crippen molar-refractivity contribution in [2.24, 2.45) is 0 Å². The molecule has 3 heteroatoms. The molecule has 2 aromatic heterocycles. The van der Waals surface area contributed by atoms with Crippen molar-refractivity contribution >= 4 is 23.5 Å². The zero-order valence-electron chi connectivity index (χ0n) is 8.01. The number of rotatable bonds is 0. The van der Waals surface area contributed by atoms with Gasteiger partial charge in [-0.25, -0.2) is 0 Å². The zero-order valence-corrected chi connectivity index (χ0v) is 8.01. The van der Waals surface area contributed by atoms with Crippen LogP contribution in [0, 0.1) is 0 Å². The summed E-state index contributed by atoms with van der Waals surface area (Å²) < 4.78 is 0. The Hall–Kier alpha value is -2.16. The Kier molecular flexibility index (Phi) is 1.75. The second kappa shape index (κ2) is 3.20. The first-order valence-corrected chi connectivity index (χ1v) is 4.76. The highest BCUT2D eigenvalue weighted by Gasteiger charge is 2.06. The van der Waals surface area contributed by atoms with E-state index in [0.717, 1.165) is 22.5 Å². The number of anilines is 2. The molecule has 0 atom stereocenters. The minimum absolute atomic E-state index is 1.08. The van der Waals surface area contributed by atoms with E-state index in [-0.39, 0.29) is 0 Å². The molecule has 0 saturated carbocycles. The van der Waals surface area contributed by atoms with E-state index in [1.165, 1.54) is 0 Å². The lowest BCUT2D eigenvalue weighted by molar-refractivity contribution is 1.30. The third-order valence-electron chi connectivity index (χ3n) is 2.42. The van der Waals surface area contributed by atoms with Crippen LogP contribution >= 0.6 is 0 Å². The molecule has 3 heterocycles. The molecule has 0 aromatic carbocycles. The highest BCUT2D eigenvalue weighted by Crippen LogP contribution is 2.28. The van der Waals surface area contributed by atoms with Crippen LogP contribution in [0.15, 0.2) is 36.9 Å². The summed E-state index contributed by atoms with van der Waals surface area (Å²) in [5, 5.41) is 3.36. The summed E-state index contributed by atoms with van der Waals surface area (Å²) in [4.78, 5) is 8.19. The van der Waals surface area contributed by atoms with E-state index < -0.39 is 0 Å². The van der Waals surface area contributed by atoms with Crippen LogP contribution in [0.2, 0.25) is 0 Å². The van der Waals surface area contributed by atoms with Crippen LogP contribution in [-0.4, -0.2) is 9.97 Å². The maximum absolute atomic E-state index is 4.10. The van der Waals surface area contributed by atoms with Gasteiger partial charge in [-0.1, -0.05) is 12.2 Å². The summed E-state index contributed by atoms with van der Waals surface area (Å²) in [6.45, 7) is 0. The number of pyridine rings is 2. The summed E-state index contributed by atoms with van der Waals surface area (Å²) in [5.41, 5.74) is 4.33. The van der Waals surface area contributed by atoms with Gasteiger partial charge in [0.15, 0.2) is 0 Å². The van der Waals surface area contributed by atoms with Crippen molar-refractivity contribution in [2.75, 3.05) is 5.32 Å². The van der Waals surface area contributed by atoms with E-state index >= 15 is 0 Å². The predicted molar refractivity (Wildman–Crippen MR) is 60.7 cm³/mol. The van der Waals surface area contributed by atoms with Crippen molar-refractivity contribution in [3.63, 3.8) is 0 Å². The molecule has 15 heavy (non-hydrogen) atoms. The monoisotopic (exact) mass is 195 g/mol. The highest BCUT2D eigenvalue weighted by atomic mass is 14.9. The first-order valence-electron chi connectivity index (χ1n) is 4.76. The summed E-state index contributed by atoms with van der Waals surface area (Å²) in [6.07, 6.45) is 11.3. The Morgan fingerprint density at radius 1 is 0.800 bits per heavy atom. The fourth-order valence-electron chi connectivity index (χ4n) is 1.63. The Labute approximate surface area is 87.5 Å². The van der Waals surface area contributed by atoms with Gasteiger partial charge in [-0.05, 0) is 12.1 Å². The van der Waals surface area contributed by atoms with Crippen molar-refractivity contribution < 1.29 is 0 Å². The Morgan fingerprint density at radius 2 is 1.33 bits per heavy atom. The summed E-state index contributed by atoms with van der Waals surface area (Å²) >= 11 is 0. The Morgan fingerprint density at radius 3 is 1.87 bits per heavy atom. The lowest BCUT2D eigenvalue weighted by Crippen LogP contribution is -1.93. The summed E-state index contributed by atoms with van der Waals surface area (Å²) in [5.74, 6) is 0. The van der Waals surface area contributed by atoms with Crippen LogP contribution in [0.25, 0.3) is 12.2 Å².